The molecule has 1 aromatic carbocycles. The first kappa shape index (κ1) is 12.8. The third-order valence-electron chi connectivity index (χ3n) is 2.05. The molecular formula is C10H7Cl2FN4O. The minimum atomic E-state index is -0.485. The van der Waals surface area contributed by atoms with Crippen molar-refractivity contribution in [1.29, 1.82) is 0 Å². The van der Waals surface area contributed by atoms with Gasteiger partial charge in [-0.1, -0.05) is 11.6 Å². The van der Waals surface area contributed by atoms with E-state index in [1.165, 1.54) is 25.3 Å². The van der Waals surface area contributed by atoms with Crippen LogP contribution < -0.4 is 10.1 Å². The molecule has 2 aromatic rings. The SMILES string of the molecule is COc1ccc(F)c(Nc2nc(Cl)nnc2Cl)c1. The summed E-state index contributed by atoms with van der Waals surface area (Å²) in [5.41, 5.74) is 0.146. The zero-order valence-corrected chi connectivity index (χ0v) is 10.6. The predicted octanol–water partition coefficient (Wildman–Crippen LogP) is 3.07. The Morgan fingerprint density at radius 3 is 2.78 bits per heavy atom. The zero-order valence-electron chi connectivity index (χ0n) is 9.12. The minimum absolute atomic E-state index is 0.0124. The molecule has 0 aliphatic rings. The van der Waals surface area contributed by atoms with Crippen LogP contribution in [-0.2, 0) is 0 Å². The first-order chi connectivity index (χ1) is 8.60. The third kappa shape index (κ3) is 2.77. The highest BCUT2D eigenvalue weighted by Gasteiger charge is 2.10. The lowest BCUT2D eigenvalue weighted by Gasteiger charge is -2.09. The van der Waals surface area contributed by atoms with Crippen LogP contribution in [0.3, 0.4) is 0 Å². The molecule has 1 heterocycles. The van der Waals surface area contributed by atoms with Crippen molar-refractivity contribution in [2.45, 2.75) is 0 Å². The minimum Gasteiger partial charge on any atom is -0.497 e. The molecule has 0 unspecified atom stereocenters. The van der Waals surface area contributed by atoms with Crippen molar-refractivity contribution >= 4 is 34.7 Å². The molecule has 0 aliphatic carbocycles. The van der Waals surface area contributed by atoms with Gasteiger partial charge in [-0.2, -0.15) is 4.98 Å². The highest BCUT2D eigenvalue weighted by Crippen LogP contribution is 2.26. The van der Waals surface area contributed by atoms with Gasteiger partial charge in [0.2, 0.25) is 5.28 Å². The van der Waals surface area contributed by atoms with Crippen molar-refractivity contribution < 1.29 is 9.13 Å². The topological polar surface area (TPSA) is 59.9 Å². The van der Waals surface area contributed by atoms with Gasteiger partial charge in [0.05, 0.1) is 12.8 Å². The van der Waals surface area contributed by atoms with Crippen LogP contribution in [0, 0.1) is 5.82 Å². The Hall–Kier alpha value is -1.66. The quantitative estimate of drug-likeness (QED) is 0.941. The number of methoxy groups -OCH3 is 1. The van der Waals surface area contributed by atoms with Crippen molar-refractivity contribution in [3.63, 3.8) is 0 Å². The van der Waals surface area contributed by atoms with E-state index in [-0.39, 0.29) is 21.9 Å². The van der Waals surface area contributed by atoms with Crippen LogP contribution in [0.25, 0.3) is 0 Å². The summed E-state index contributed by atoms with van der Waals surface area (Å²) in [5, 5.41) is 9.57. The lowest BCUT2D eigenvalue weighted by Crippen LogP contribution is -2.01. The molecule has 0 saturated carbocycles. The summed E-state index contributed by atoms with van der Waals surface area (Å²) < 4.78 is 18.6. The maximum absolute atomic E-state index is 13.6. The maximum atomic E-state index is 13.6. The molecule has 1 N–H and O–H groups in total. The van der Waals surface area contributed by atoms with Crippen LogP contribution in [-0.4, -0.2) is 22.3 Å². The smallest absolute Gasteiger partial charge is 0.245 e. The normalized spacial score (nSPS) is 10.2. The van der Waals surface area contributed by atoms with Crippen LogP contribution in [0.2, 0.25) is 10.4 Å². The van der Waals surface area contributed by atoms with Crippen molar-refractivity contribution in [2.24, 2.45) is 0 Å². The lowest BCUT2D eigenvalue weighted by atomic mass is 10.3. The number of nitrogens with one attached hydrogen (secondary N) is 1. The van der Waals surface area contributed by atoms with Crippen molar-refractivity contribution in [1.82, 2.24) is 15.2 Å². The second-order valence-corrected chi connectivity index (χ2v) is 3.89. The van der Waals surface area contributed by atoms with E-state index in [1.54, 1.807) is 0 Å². The molecule has 0 amide bonds. The maximum Gasteiger partial charge on any atom is 0.245 e. The molecule has 0 saturated heterocycles. The van der Waals surface area contributed by atoms with Crippen LogP contribution in [0.15, 0.2) is 18.2 Å². The van der Waals surface area contributed by atoms with Gasteiger partial charge >= 0.3 is 0 Å². The molecule has 18 heavy (non-hydrogen) atoms. The van der Waals surface area contributed by atoms with E-state index in [0.29, 0.717) is 5.75 Å². The first-order valence-electron chi connectivity index (χ1n) is 4.76. The van der Waals surface area contributed by atoms with Crippen LogP contribution in [0.4, 0.5) is 15.9 Å². The third-order valence-corrected chi connectivity index (χ3v) is 2.46. The van der Waals surface area contributed by atoms with E-state index in [1.807, 2.05) is 0 Å². The summed E-state index contributed by atoms with van der Waals surface area (Å²) in [5.74, 6) is 0.119. The number of aromatic nitrogens is 3. The van der Waals surface area contributed by atoms with Gasteiger partial charge in [0.1, 0.15) is 11.6 Å². The first-order valence-corrected chi connectivity index (χ1v) is 5.52. The van der Waals surface area contributed by atoms with Gasteiger partial charge in [0.25, 0.3) is 0 Å². The number of hydrogen-bond acceptors (Lipinski definition) is 5. The molecular weight excluding hydrogens is 282 g/mol. The van der Waals surface area contributed by atoms with E-state index in [2.05, 4.69) is 20.5 Å². The van der Waals surface area contributed by atoms with Crippen molar-refractivity contribution in [2.75, 3.05) is 12.4 Å². The summed E-state index contributed by atoms with van der Waals surface area (Å²) in [4.78, 5) is 3.81. The Kier molecular flexibility index (Phi) is 3.78. The number of rotatable bonds is 3. The van der Waals surface area contributed by atoms with Gasteiger partial charge in [0.15, 0.2) is 11.0 Å². The Morgan fingerprint density at radius 1 is 1.28 bits per heavy atom. The number of halogens is 3. The zero-order chi connectivity index (χ0) is 13.1. The van der Waals surface area contributed by atoms with Crippen LogP contribution in [0.1, 0.15) is 0 Å². The fraction of sp³-hybridized carbons (Fsp3) is 0.100. The highest BCUT2D eigenvalue weighted by molar-refractivity contribution is 6.32. The van der Waals surface area contributed by atoms with Crippen LogP contribution in [0.5, 0.6) is 5.75 Å². The van der Waals surface area contributed by atoms with Crippen LogP contribution >= 0.6 is 23.2 Å². The highest BCUT2D eigenvalue weighted by atomic mass is 35.5. The van der Waals surface area contributed by atoms with Gasteiger partial charge in [0, 0.05) is 6.07 Å². The molecule has 0 fully saturated rings. The molecule has 5 nitrogen and oxygen atoms in total. The second kappa shape index (κ2) is 5.32. The summed E-state index contributed by atoms with van der Waals surface area (Å²) in [6, 6.07) is 4.21. The van der Waals surface area contributed by atoms with Gasteiger partial charge in [-0.15, -0.1) is 10.2 Å². The number of nitrogens with zero attached hydrogens (tertiary/aromatic N) is 3. The molecule has 1 aromatic heterocycles. The van der Waals surface area contributed by atoms with E-state index < -0.39 is 5.82 Å². The fourth-order valence-electron chi connectivity index (χ4n) is 1.23. The van der Waals surface area contributed by atoms with E-state index in [0.717, 1.165) is 0 Å². The second-order valence-electron chi connectivity index (χ2n) is 3.19. The van der Waals surface area contributed by atoms with Gasteiger partial charge in [-0.3, -0.25) is 0 Å². The largest absolute Gasteiger partial charge is 0.497 e. The summed E-state index contributed by atoms with van der Waals surface area (Å²) in [6.07, 6.45) is 0. The summed E-state index contributed by atoms with van der Waals surface area (Å²) >= 11 is 11.3. The Labute approximate surface area is 112 Å². The average molecular weight is 289 g/mol. The molecule has 0 radical (unpaired) electrons. The Bertz CT molecular complexity index is 582. The molecule has 0 atom stereocenters. The van der Waals surface area contributed by atoms with E-state index in [9.17, 15) is 4.39 Å². The summed E-state index contributed by atoms with van der Waals surface area (Å²) in [7, 11) is 1.48. The monoisotopic (exact) mass is 288 g/mol. The van der Waals surface area contributed by atoms with E-state index in [4.69, 9.17) is 27.9 Å². The Balaban J connectivity index is 2.36. The van der Waals surface area contributed by atoms with E-state index >= 15 is 0 Å². The molecule has 0 aliphatic heterocycles. The predicted molar refractivity (Wildman–Crippen MR) is 66.1 cm³/mol. The molecule has 0 bridgehead atoms. The molecule has 0 spiro atoms. The number of benzene rings is 1. The lowest BCUT2D eigenvalue weighted by molar-refractivity contribution is 0.414. The number of hydrogen-bond donors (Lipinski definition) is 1. The van der Waals surface area contributed by atoms with Crippen molar-refractivity contribution in [3.05, 3.63) is 34.5 Å². The number of ether oxygens (including phenoxy) is 1. The summed E-state index contributed by atoms with van der Waals surface area (Å²) in [6.45, 7) is 0. The molecule has 94 valence electrons. The average Bonchev–Trinajstić information content (AvgIpc) is 2.36. The van der Waals surface area contributed by atoms with Gasteiger partial charge in [-0.25, -0.2) is 4.39 Å². The van der Waals surface area contributed by atoms with Gasteiger partial charge < -0.3 is 10.1 Å². The molecule has 2 rings (SSSR count). The standard InChI is InChI=1S/C10H7Cl2FN4O/c1-18-5-2-3-6(13)7(4-5)14-9-8(11)16-17-10(12)15-9/h2-4H,1H3,(H,14,15,17). The van der Waals surface area contributed by atoms with Crippen molar-refractivity contribution in [3.8, 4) is 5.75 Å². The van der Waals surface area contributed by atoms with Gasteiger partial charge in [-0.05, 0) is 23.7 Å². The fourth-order valence-corrected chi connectivity index (χ4v) is 1.48. The Morgan fingerprint density at radius 2 is 2.06 bits per heavy atom. The number of anilines is 2. The molecule has 8 heteroatoms.